The Morgan fingerprint density at radius 2 is 2.13 bits per heavy atom. The molecule has 15 heavy (non-hydrogen) atoms. The molecule has 2 rings (SSSR count). The van der Waals surface area contributed by atoms with Crippen LogP contribution in [0.3, 0.4) is 0 Å². The molecule has 0 aliphatic rings. The second-order valence-corrected chi connectivity index (χ2v) is 4.70. The highest BCUT2D eigenvalue weighted by molar-refractivity contribution is 9.10. The van der Waals surface area contributed by atoms with Gasteiger partial charge in [0, 0.05) is 27.6 Å². The Bertz CT molecular complexity index is 474. The summed E-state index contributed by atoms with van der Waals surface area (Å²) >= 11 is 3.49. The van der Waals surface area contributed by atoms with Crippen molar-refractivity contribution in [1.29, 1.82) is 0 Å². The average Bonchev–Trinajstić information content (AvgIpc) is 2.50. The van der Waals surface area contributed by atoms with Gasteiger partial charge in [-0.2, -0.15) is 0 Å². The SMILES string of the molecule is Cc1cc2cc(Br)ccc2n1CCCN. The molecule has 0 unspecified atom stereocenters. The number of aryl methyl sites for hydroxylation is 2. The molecule has 0 radical (unpaired) electrons. The summed E-state index contributed by atoms with van der Waals surface area (Å²) in [7, 11) is 0. The van der Waals surface area contributed by atoms with Crippen LogP contribution in [-0.2, 0) is 6.54 Å². The van der Waals surface area contributed by atoms with Gasteiger partial charge in [0.25, 0.3) is 0 Å². The van der Waals surface area contributed by atoms with Gasteiger partial charge < -0.3 is 10.3 Å². The van der Waals surface area contributed by atoms with Gasteiger partial charge in [-0.15, -0.1) is 0 Å². The molecule has 0 saturated carbocycles. The quantitative estimate of drug-likeness (QED) is 0.910. The van der Waals surface area contributed by atoms with Crippen molar-refractivity contribution < 1.29 is 0 Å². The molecule has 1 aromatic carbocycles. The molecule has 1 heterocycles. The van der Waals surface area contributed by atoms with Gasteiger partial charge >= 0.3 is 0 Å². The summed E-state index contributed by atoms with van der Waals surface area (Å²) in [4.78, 5) is 0. The van der Waals surface area contributed by atoms with Crippen LogP contribution in [0.1, 0.15) is 12.1 Å². The molecule has 3 heteroatoms. The molecular formula is C12H15BrN2. The Balaban J connectivity index is 2.48. The molecule has 1 aromatic heterocycles. The molecule has 0 atom stereocenters. The van der Waals surface area contributed by atoms with Gasteiger partial charge in [0.1, 0.15) is 0 Å². The van der Waals surface area contributed by atoms with E-state index < -0.39 is 0 Å². The topological polar surface area (TPSA) is 30.9 Å². The smallest absolute Gasteiger partial charge is 0.0483 e. The van der Waals surface area contributed by atoms with E-state index in [1.807, 2.05) is 0 Å². The van der Waals surface area contributed by atoms with Crippen LogP contribution in [0.5, 0.6) is 0 Å². The van der Waals surface area contributed by atoms with Gasteiger partial charge in [-0.05, 0) is 44.2 Å². The van der Waals surface area contributed by atoms with Crippen LogP contribution >= 0.6 is 15.9 Å². The Morgan fingerprint density at radius 3 is 2.87 bits per heavy atom. The van der Waals surface area contributed by atoms with Crippen molar-refractivity contribution in [2.24, 2.45) is 5.73 Å². The minimum absolute atomic E-state index is 0.746. The number of nitrogens with zero attached hydrogens (tertiary/aromatic N) is 1. The van der Waals surface area contributed by atoms with Gasteiger partial charge in [0.2, 0.25) is 0 Å². The summed E-state index contributed by atoms with van der Waals surface area (Å²) in [5.74, 6) is 0. The van der Waals surface area contributed by atoms with Gasteiger partial charge in [-0.1, -0.05) is 15.9 Å². The number of rotatable bonds is 3. The van der Waals surface area contributed by atoms with Crippen LogP contribution in [0, 0.1) is 6.92 Å². The molecule has 0 spiro atoms. The molecule has 0 aliphatic heterocycles. The lowest BCUT2D eigenvalue weighted by molar-refractivity contribution is 0.657. The molecule has 0 bridgehead atoms. The fourth-order valence-electron chi connectivity index (χ4n) is 1.93. The second-order valence-electron chi connectivity index (χ2n) is 3.78. The number of benzene rings is 1. The summed E-state index contributed by atoms with van der Waals surface area (Å²) in [6, 6.07) is 8.61. The van der Waals surface area contributed by atoms with Gasteiger partial charge in [-0.25, -0.2) is 0 Å². The Labute approximate surface area is 98.2 Å². The van der Waals surface area contributed by atoms with Crippen LogP contribution in [0.4, 0.5) is 0 Å². The summed E-state index contributed by atoms with van der Waals surface area (Å²) in [5, 5.41) is 1.29. The van der Waals surface area contributed by atoms with Crippen LogP contribution in [-0.4, -0.2) is 11.1 Å². The molecular weight excluding hydrogens is 252 g/mol. The van der Waals surface area contributed by atoms with E-state index in [2.05, 4.69) is 51.7 Å². The van der Waals surface area contributed by atoms with E-state index in [9.17, 15) is 0 Å². The number of hydrogen-bond donors (Lipinski definition) is 1. The van der Waals surface area contributed by atoms with Crippen molar-refractivity contribution in [2.75, 3.05) is 6.54 Å². The van der Waals surface area contributed by atoms with E-state index in [0.717, 1.165) is 24.0 Å². The van der Waals surface area contributed by atoms with Gasteiger partial charge in [0.05, 0.1) is 0 Å². The van der Waals surface area contributed by atoms with Crippen molar-refractivity contribution in [3.05, 3.63) is 34.4 Å². The summed E-state index contributed by atoms with van der Waals surface area (Å²) in [5.41, 5.74) is 8.14. The third-order valence-electron chi connectivity index (χ3n) is 2.66. The monoisotopic (exact) mass is 266 g/mol. The molecule has 2 aromatic rings. The summed E-state index contributed by atoms with van der Waals surface area (Å²) in [6.45, 7) is 3.90. The van der Waals surface area contributed by atoms with E-state index in [1.165, 1.54) is 16.6 Å². The molecule has 2 N–H and O–H groups in total. The average molecular weight is 267 g/mol. The maximum Gasteiger partial charge on any atom is 0.0483 e. The first-order chi connectivity index (χ1) is 7.22. The fraction of sp³-hybridized carbons (Fsp3) is 0.333. The molecule has 0 aliphatic carbocycles. The zero-order valence-electron chi connectivity index (χ0n) is 8.83. The lowest BCUT2D eigenvalue weighted by Crippen LogP contribution is -2.06. The number of halogens is 1. The number of fused-ring (bicyclic) bond motifs is 1. The van der Waals surface area contributed by atoms with E-state index in [1.54, 1.807) is 0 Å². The number of aromatic nitrogens is 1. The Hall–Kier alpha value is -0.800. The van der Waals surface area contributed by atoms with Crippen molar-refractivity contribution in [1.82, 2.24) is 4.57 Å². The van der Waals surface area contributed by atoms with Gasteiger partial charge in [-0.3, -0.25) is 0 Å². The highest BCUT2D eigenvalue weighted by Gasteiger charge is 2.04. The van der Waals surface area contributed by atoms with E-state index >= 15 is 0 Å². The standard InChI is InChI=1S/C12H15BrN2/c1-9-7-10-8-11(13)3-4-12(10)15(9)6-2-5-14/h3-4,7-8H,2,5-6,14H2,1H3. The molecule has 80 valence electrons. The lowest BCUT2D eigenvalue weighted by atomic mass is 10.2. The Kier molecular flexibility index (Phi) is 3.12. The molecule has 0 amide bonds. The zero-order chi connectivity index (χ0) is 10.8. The predicted octanol–water partition coefficient (Wildman–Crippen LogP) is 3.06. The van der Waals surface area contributed by atoms with Crippen molar-refractivity contribution in [3.8, 4) is 0 Å². The summed E-state index contributed by atoms with van der Waals surface area (Å²) in [6.07, 6.45) is 1.03. The highest BCUT2D eigenvalue weighted by Crippen LogP contribution is 2.23. The second kappa shape index (κ2) is 4.37. The molecule has 0 saturated heterocycles. The first-order valence-electron chi connectivity index (χ1n) is 5.18. The zero-order valence-corrected chi connectivity index (χ0v) is 10.4. The van der Waals surface area contributed by atoms with Crippen LogP contribution in [0.15, 0.2) is 28.7 Å². The first-order valence-corrected chi connectivity index (χ1v) is 5.97. The minimum Gasteiger partial charge on any atom is -0.345 e. The van der Waals surface area contributed by atoms with Crippen molar-refractivity contribution in [2.45, 2.75) is 19.9 Å². The van der Waals surface area contributed by atoms with E-state index in [-0.39, 0.29) is 0 Å². The predicted molar refractivity (Wildman–Crippen MR) is 68.0 cm³/mol. The minimum atomic E-state index is 0.746. The van der Waals surface area contributed by atoms with Crippen LogP contribution in [0.25, 0.3) is 10.9 Å². The number of nitrogens with two attached hydrogens (primary N) is 1. The largest absolute Gasteiger partial charge is 0.345 e. The maximum atomic E-state index is 5.54. The number of hydrogen-bond acceptors (Lipinski definition) is 1. The highest BCUT2D eigenvalue weighted by atomic mass is 79.9. The normalized spacial score (nSPS) is 11.1. The molecule has 0 fully saturated rings. The van der Waals surface area contributed by atoms with Gasteiger partial charge in [0.15, 0.2) is 0 Å². The van der Waals surface area contributed by atoms with Crippen molar-refractivity contribution >= 4 is 26.8 Å². The lowest BCUT2D eigenvalue weighted by Gasteiger charge is -2.06. The fourth-order valence-corrected chi connectivity index (χ4v) is 2.30. The van der Waals surface area contributed by atoms with Crippen LogP contribution < -0.4 is 5.73 Å². The Morgan fingerprint density at radius 1 is 1.33 bits per heavy atom. The third kappa shape index (κ3) is 2.08. The van der Waals surface area contributed by atoms with Crippen LogP contribution in [0.2, 0.25) is 0 Å². The van der Waals surface area contributed by atoms with E-state index in [0.29, 0.717) is 0 Å². The third-order valence-corrected chi connectivity index (χ3v) is 3.15. The van der Waals surface area contributed by atoms with E-state index in [4.69, 9.17) is 5.73 Å². The first kappa shape index (κ1) is 10.7. The van der Waals surface area contributed by atoms with Crippen molar-refractivity contribution in [3.63, 3.8) is 0 Å². The summed E-state index contributed by atoms with van der Waals surface area (Å²) < 4.78 is 3.46. The maximum absolute atomic E-state index is 5.54. The molecule has 2 nitrogen and oxygen atoms in total.